The molecule has 1 aromatic rings. The highest BCUT2D eigenvalue weighted by Gasteiger charge is 2.04. The molecule has 0 fully saturated rings. The number of amides is 2. The van der Waals surface area contributed by atoms with Crippen molar-refractivity contribution in [2.75, 3.05) is 11.9 Å². The van der Waals surface area contributed by atoms with Crippen LogP contribution in [0.3, 0.4) is 0 Å². The molecule has 3 N–H and O–H groups in total. The summed E-state index contributed by atoms with van der Waals surface area (Å²) >= 11 is 1.23. The molecule has 1 rings (SSSR count). The first-order chi connectivity index (χ1) is 6.18. The summed E-state index contributed by atoms with van der Waals surface area (Å²) < 4.78 is 0. The molecule has 1 heterocycles. The molecule has 0 aliphatic carbocycles. The third-order valence-electron chi connectivity index (χ3n) is 1.14. The number of anilines is 1. The fraction of sp³-hybridized carbons (Fsp3) is 0.500. The molecule has 2 amide bonds. The van der Waals surface area contributed by atoms with Crippen LogP contribution < -0.4 is 10.6 Å². The number of nitrogens with one attached hydrogen (secondary N) is 2. The van der Waals surface area contributed by atoms with Crippen molar-refractivity contribution in [3.8, 4) is 0 Å². The Balaban J connectivity index is 2.26. The molecule has 6 nitrogen and oxygen atoms in total. The molecule has 1 atom stereocenters. The molecule has 13 heavy (non-hydrogen) atoms. The summed E-state index contributed by atoms with van der Waals surface area (Å²) in [6, 6.07) is -0.391. The number of carbonyl (C=O) groups is 1. The highest BCUT2D eigenvalue weighted by molar-refractivity contribution is 7.13. The van der Waals surface area contributed by atoms with Crippen molar-refractivity contribution in [1.29, 1.82) is 0 Å². The van der Waals surface area contributed by atoms with Crippen molar-refractivity contribution >= 4 is 22.5 Å². The van der Waals surface area contributed by atoms with Crippen LogP contribution >= 0.6 is 11.3 Å². The Morgan fingerprint density at radius 3 is 3.15 bits per heavy atom. The van der Waals surface area contributed by atoms with Crippen LogP contribution in [0, 0.1) is 0 Å². The highest BCUT2D eigenvalue weighted by atomic mass is 32.1. The molecule has 0 bridgehead atoms. The second-order valence-electron chi connectivity index (χ2n) is 2.43. The smallest absolute Gasteiger partial charge is 0.321 e. The van der Waals surface area contributed by atoms with Crippen LogP contribution in [-0.4, -0.2) is 34.0 Å². The fourth-order valence-corrected chi connectivity index (χ4v) is 1.05. The molecule has 0 aliphatic heterocycles. The number of aliphatic hydroxyl groups excluding tert-OH is 1. The van der Waals surface area contributed by atoms with Crippen LogP contribution in [-0.2, 0) is 0 Å². The van der Waals surface area contributed by atoms with Gasteiger partial charge in [-0.15, -0.1) is 10.2 Å². The fourth-order valence-electron chi connectivity index (χ4n) is 0.609. The first-order valence-electron chi connectivity index (χ1n) is 3.67. The van der Waals surface area contributed by atoms with E-state index in [0.717, 1.165) is 0 Å². The van der Waals surface area contributed by atoms with Crippen molar-refractivity contribution in [2.45, 2.75) is 13.0 Å². The van der Waals surface area contributed by atoms with Crippen molar-refractivity contribution in [3.63, 3.8) is 0 Å². The van der Waals surface area contributed by atoms with Gasteiger partial charge in [0, 0.05) is 6.54 Å². The number of rotatable bonds is 3. The van der Waals surface area contributed by atoms with Crippen LogP contribution in [0.2, 0.25) is 0 Å². The molecule has 0 spiro atoms. The maximum absolute atomic E-state index is 11.0. The van der Waals surface area contributed by atoms with Crippen molar-refractivity contribution in [3.05, 3.63) is 5.51 Å². The van der Waals surface area contributed by atoms with E-state index in [1.54, 1.807) is 6.92 Å². The summed E-state index contributed by atoms with van der Waals surface area (Å²) in [7, 11) is 0. The summed E-state index contributed by atoms with van der Waals surface area (Å²) in [4.78, 5) is 11.0. The Kier molecular flexibility index (Phi) is 3.59. The molecule has 0 aromatic carbocycles. The zero-order valence-electron chi connectivity index (χ0n) is 7.02. The average molecular weight is 202 g/mol. The molecule has 7 heteroatoms. The predicted octanol–water partition coefficient (Wildman–Crippen LogP) is 0.0404. The molecule has 0 aliphatic rings. The van der Waals surface area contributed by atoms with E-state index >= 15 is 0 Å². The first-order valence-corrected chi connectivity index (χ1v) is 4.55. The van der Waals surface area contributed by atoms with Gasteiger partial charge in [-0.3, -0.25) is 5.32 Å². The van der Waals surface area contributed by atoms with Gasteiger partial charge in [-0.1, -0.05) is 11.3 Å². The Morgan fingerprint density at radius 1 is 1.85 bits per heavy atom. The van der Waals surface area contributed by atoms with Gasteiger partial charge in [0.05, 0.1) is 6.10 Å². The lowest BCUT2D eigenvalue weighted by Gasteiger charge is -2.06. The molecule has 72 valence electrons. The van der Waals surface area contributed by atoms with Gasteiger partial charge in [-0.25, -0.2) is 4.79 Å². The van der Waals surface area contributed by atoms with Crippen LogP contribution in [0.4, 0.5) is 9.93 Å². The van der Waals surface area contributed by atoms with Gasteiger partial charge in [0.25, 0.3) is 0 Å². The maximum atomic E-state index is 11.0. The third kappa shape index (κ3) is 3.81. The number of hydrogen-bond acceptors (Lipinski definition) is 5. The third-order valence-corrected chi connectivity index (χ3v) is 1.75. The van der Waals surface area contributed by atoms with Gasteiger partial charge >= 0.3 is 6.03 Å². The minimum absolute atomic E-state index is 0.213. The molecule has 1 aromatic heterocycles. The quantitative estimate of drug-likeness (QED) is 0.646. The minimum Gasteiger partial charge on any atom is -0.392 e. The second kappa shape index (κ2) is 4.73. The topological polar surface area (TPSA) is 87.1 Å². The van der Waals surface area contributed by atoms with Crippen molar-refractivity contribution in [2.24, 2.45) is 0 Å². The molecular formula is C6H10N4O2S. The Hall–Kier alpha value is -1.21. The monoisotopic (exact) mass is 202 g/mol. The molecule has 0 radical (unpaired) electrons. The number of carbonyl (C=O) groups excluding carboxylic acids is 1. The van der Waals surface area contributed by atoms with E-state index < -0.39 is 12.1 Å². The van der Waals surface area contributed by atoms with E-state index in [1.165, 1.54) is 16.8 Å². The number of aromatic nitrogens is 2. The zero-order chi connectivity index (χ0) is 9.68. The van der Waals surface area contributed by atoms with E-state index in [2.05, 4.69) is 20.8 Å². The highest BCUT2D eigenvalue weighted by Crippen LogP contribution is 2.06. The lowest BCUT2D eigenvalue weighted by molar-refractivity contribution is 0.190. The van der Waals surface area contributed by atoms with E-state index in [1.807, 2.05) is 0 Å². The van der Waals surface area contributed by atoms with Crippen LogP contribution in [0.25, 0.3) is 0 Å². The Morgan fingerprint density at radius 2 is 2.62 bits per heavy atom. The predicted molar refractivity (Wildman–Crippen MR) is 48.6 cm³/mol. The van der Waals surface area contributed by atoms with E-state index in [0.29, 0.717) is 5.13 Å². The normalized spacial score (nSPS) is 12.2. The van der Waals surface area contributed by atoms with E-state index in [9.17, 15) is 4.79 Å². The second-order valence-corrected chi connectivity index (χ2v) is 3.26. The van der Waals surface area contributed by atoms with E-state index in [-0.39, 0.29) is 6.54 Å². The van der Waals surface area contributed by atoms with Crippen LogP contribution in [0.15, 0.2) is 5.51 Å². The average Bonchev–Trinajstić information content (AvgIpc) is 2.53. The van der Waals surface area contributed by atoms with Crippen LogP contribution in [0.1, 0.15) is 6.92 Å². The number of urea groups is 1. The zero-order valence-corrected chi connectivity index (χ0v) is 7.84. The molecular weight excluding hydrogens is 192 g/mol. The summed E-state index contributed by atoms with van der Waals surface area (Å²) in [5.41, 5.74) is 1.52. The number of nitrogens with zero attached hydrogens (tertiary/aromatic N) is 2. The molecule has 1 unspecified atom stereocenters. The summed E-state index contributed by atoms with van der Waals surface area (Å²) in [5.74, 6) is 0. The van der Waals surface area contributed by atoms with Gasteiger partial charge in [-0.2, -0.15) is 0 Å². The van der Waals surface area contributed by atoms with Gasteiger partial charge in [0.1, 0.15) is 5.51 Å². The number of hydrogen-bond donors (Lipinski definition) is 3. The van der Waals surface area contributed by atoms with E-state index in [4.69, 9.17) is 5.11 Å². The van der Waals surface area contributed by atoms with Crippen LogP contribution in [0.5, 0.6) is 0 Å². The standard InChI is InChI=1S/C6H10N4O2S/c1-4(11)2-7-5(12)9-6-10-8-3-13-6/h3-4,11H,2H2,1H3,(H2,7,9,10,12). The first kappa shape index (κ1) is 9.87. The van der Waals surface area contributed by atoms with Crippen molar-refractivity contribution in [1.82, 2.24) is 15.5 Å². The Bertz CT molecular complexity index is 262. The molecule has 0 saturated carbocycles. The lowest BCUT2D eigenvalue weighted by Crippen LogP contribution is -2.34. The minimum atomic E-state index is -0.555. The van der Waals surface area contributed by atoms with Gasteiger partial charge in [-0.05, 0) is 6.92 Å². The summed E-state index contributed by atoms with van der Waals surface area (Å²) in [5, 5.41) is 21.4. The van der Waals surface area contributed by atoms with Crippen molar-refractivity contribution < 1.29 is 9.90 Å². The van der Waals surface area contributed by atoms with Gasteiger partial charge < -0.3 is 10.4 Å². The summed E-state index contributed by atoms with van der Waals surface area (Å²) in [6.45, 7) is 1.80. The lowest BCUT2D eigenvalue weighted by atomic mass is 10.4. The van der Waals surface area contributed by atoms with Gasteiger partial charge in [0.15, 0.2) is 0 Å². The SMILES string of the molecule is CC(O)CNC(=O)Nc1nncs1. The number of aliphatic hydroxyl groups is 1. The summed E-state index contributed by atoms with van der Waals surface area (Å²) in [6.07, 6.45) is -0.555. The Labute approximate surface area is 79.0 Å². The van der Waals surface area contributed by atoms with Gasteiger partial charge in [0.2, 0.25) is 5.13 Å². The maximum Gasteiger partial charge on any atom is 0.321 e. The molecule has 0 saturated heterocycles. The largest absolute Gasteiger partial charge is 0.392 e.